The van der Waals surface area contributed by atoms with Gasteiger partial charge in [-0.25, -0.2) is 0 Å². The topological polar surface area (TPSA) is 52.7 Å². The Labute approximate surface area is 153 Å². The Morgan fingerprint density at radius 1 is 1.15 bits per heavy atom. The maximum absolute atomic E-state index is 12.5. The Morgan fingerprint density at radius 2 is 1.85 bits per heavy atom. The van der Waals surface area contributed by atoms with Crippen molar-refractivity contribution in [1.29, 1.82) is 0 Å². The van der Waals surface area contributed by atoms with Crippen molar-refractivity contribution in [1.82, 2.24) is 4.90 Å². The summed E-state index contributed by atoms with van der Waals surface area (Å²) in [4.78, 5) is 28.4. The van der Waals surface area contributed by atoms with Gasteiger partial charge in [-0.2, -0.15) is 0 Å². The maximum atomic E-state index is 12.5. The van der Waals surface area contributed by atoms with Gasteiger partial charge in [-0.1, -0.05) is 24.8 Å². The SMILES string of the molecule is C=C1c2ccccc2C(=O)N1CCC(=O)Nc1ccc(N(C)C)cc1C. The van der Waals surface area contributed by atoms with E-state index in [2.05, 4.69) is 11.9 Å². The second kappa shape index (κ2) is 7.04. The molecule has 0 radical (unpaired) electrons. The number of nitrogens with zero attached hydrogens (tertiary/aromatic N) is 2. The van der Waals surface area contributed by atoms with Crippen LogP contribution in [0.15, 0.2) is 49.0 Å². The first-order chi connectivity index (χ1) is 12.4. The minimum atomic E-state index is -0.123. The number of amides is 2. The molecule has 0 saturated carbocycles. The van der Waals surface area contributed by atoms with Gasteiger partial charge >= 0.3 is 0 Å². The molecule has 134 valence electrons. The minimum absolute atomic E-state index is 0.0927. The molecule has 5 heteroatoms. The Kier molecular flexibility index (Phi) is 4.80. The number of hydrogen-bond donors (Lipinski definition) is 1. The summed E-state index contributed by atoms with van der Waals surface area (Å²) >= 11 is 0. The van der Waals surface area contributed by atoms with Crippen LogP contribution in [-0.2, 0) is 4.79 Å². The molecule has 2 amide bonds. The summed E-state index contributed by atoms with van der Waals surface area (Å²) in [6.07, 6.45) is 0.216. The highest BCUT2D eigenvalue weighted by molar-refractivity contribution is 6.09. The molecule has 26 heavy (non-hydrogen) atoms. The Bertz CT molecular complexity index is 852. The number of hydrogen-bond acceptors (Lipinski definition) is 3. The van der Waals surface area contributed by atoms with Gasteiger partial charge in [-0.15, -0.1) is 0 Å². The lowest BCUT2D eigenvalue weighted by Crippen LogP contribution is -2.27. The van der Waals surface area contributed by atoms with Crippen LogP contribution in [0.25, 0.3) is 5.70 Å². The molecule has 0 aliphatic carbocycles. The van der Waals surface area contributed by atoms with E-state index in [1.165, 1.54) is 0 Å². The van der Waals surface area contributed by atoms with Crippen molar-refractivity contribution in [2.45, 2.75) is 13.3 Å². The molecule has 0 saturated heterocycles. The first-order valence-electron chi connectivity index (χ1n) is 8.56. The van der Waals surface area contributed by atoms with Gasteiger partial charge in [0.1, 0.15) is 0 Å². The van der Waals surface area contributed by atoms with Crippen molar-refractivity contribution in [2.24, 2.45) is 0 Å². The molecule has 0 aromatic heterocycles. The summed E-state index contributed by atoms with van der Waals surface area (Å²) < 4.78 is 0. The molecule has 0 fully saturated rings. The summed E-state index contributed by atoms with van der Waals surface area (Å²) in [7, 11) is 3.95. The largest absolute Gasteiger partial charge is 0.378 e. The molecule has 1 N–H and O–H groups in total. The number of carbonyl (C=O) groups excluding carboxylic acids is 2. The molecule has 1 heterocycles. The quantitative estimate of drug-likeness (QED) is 0.899. The van der Waals surface area contributed by atoms with Crippen LogP contribution in [0.4, 0.5) is 11.4 Å². The average Bonchev–Trinajstić information content (AvgIpc) is 2.86. The number of aryl methyl sites for hydroxylation is 1. The fraction of sp³-hybridized carbons (Fsp3) is 0.238. The van der Waals surface area contributed by atoms with Crippen LogP contribution < -0.4 is 10.2 Å². The fourth-order valence-electron chi connectivity index (χ4n) is 3.06. The van der Waals surface area contributed by atoms with Crippen LogP contribution in [0.3, 0.4) is 0 Å². The lowest BCUT2D eigenvalue weighted by atomic mass is 10.1. The summed E-state index contributed by atoms with van der Waals surface area (Å²) in [5.74, 6) is -0.216. The second-order valence-corrected chi connectivity index (χ2v) is 6.64. The molecule has 2 aromatic rings. The summed E-state index contributed by atoms with van der Waals surface area (Å²) in [5.41, 5.74) is 5.01. The number of nitrogens with one attached hydrogen (secondary N) is 1. The van der Waals surface area contributed by atoms with Crippen molar-refractivity contribution >= 4 is 28.9 Å². The molecule has 2 aromatic carbocycles. The first kappa shape index (κ1) is 17.7. The average molecular weight is 349 g/mol. The molecule has 1 aliphatic heterocycles. The number of anilines is 2. The molecule has 5 nitrogen and oxygen atoms in total. The van der Waals surface area contributed by atoms with Crippen molar-refractivity contribution < 1.29 is 9.59 Å². The standard InChI is InChI=1S/C21H23N3O2/c1-14-13-16(23(3)4)9-10-19(14)22-20(25)11-12-24-15(2)17-7-5-6-8-18(17)21(24)26/h5-10,13H,2,11-12H2,1,3-4H3,(H,22,25). The van der Waals surface area contributed by atoms with Gasteiger partial charge in [0.2, 0.25) is 5.91 Å². The van der Waals surface area contributed by atoms with Crippen molar-refractivity contribution in [3.05, 3.63) is 65.7 Å². The third-order valence-electron chi connectivity index (χ3n) is 4.60. The maximum Gasteiger partial charge on any atom is 0.258 e. The minimum Gasteiger partial charge on any atom is -0.378 e. The van der Waals surface area contributed by atoms with Crippen LogP contribution in [-0.4, -0.2) is 37.4 Å². The van der Waals surface area contributed by atoms with E-state index in [1.54, 1.807) is 11.0 Å². The van der Waals surface area contributed by atoms with Crippen molar-refractivity contribution in [3.8, 4) is 0 Å². The number of carbonyl (C=O) groups is 2. The monoisotopic (exact) mass is 349 g/mol. The second-order valence-electron chi connectivity index (χ2n) is 6.64. The zero-order valence-corrected chi connectivity index (χ0v) is 15.4. The Hall–Kier alpha value is -3.08. The van der Waals surface area contributed by atoms with Crippen LogP contribution in [0, 0.1) is 6.92 Å². The lowest BCUT2D eigenvalue weighted by Gasteiger charge is -2.18. The molecule has 1 aliphatic rings. The van der Waals surface area contributed by atoms with Gasteiger partial charge in [0.05, 0.1) is 0 Å². The highest BCUT2D eigenvalue weighted by atomic mass is 16.2. The fourth-order valence-corrected chi connectivity index (χ4v) is 3.06. The van der Waals surface area contributed by atoms with Crippen LogP contribution in [0.5, 0.6) is 0 Å². The number of rotatable bonds is 5. The molecular weight excluding hydrogens is 326 g/mol. The van der Waals surface area contributed by atoms with Gasteiger partial charge in [0.25, 0.3) is 5.91 Å². The zero-order chi connectivity index (χ0) is 18.8. The summed E-state index contributed by atoms with van der Waals surface area (Å²) in [6, 6.07) is 13.3. The predicted molar refractivity (Wildman–Crippen MR) is 105 cm³/mol. The van der Waals surface area contributed by atoms with E-state index in [9.17, 15) is 9.59 Å². The first-order valence-corrected chi connectivity index (χ1v) is 8.56. The van der Waals surface area contributed by atoms with E-state index in [1.807, 2.05) is 62.3 Å². The van der Waals surface area contributed by atoms with E-state index < -0.39 is 0 Å². The highest BCUT2D eigenvalue weighted by Crippen LogP contribution is 2.31. The molecular formula is C21H23N3O2. The van der Waals surface area contributed by atoms with Gasteiger partial charge in [0, 0.05) is 55.3 Å². The number of benzene rings is 2. The van der Waals surface area contributed by atoms with Crippen LogP contribution in [0.1, 0.15) is 27.9 Å². The summed E-state index contributed by atoms with van der Waals surface area (Å²) in [6.45, 7) is 6.27. The predicted octanol–water partition coefficient (Wildman–Crippen LogP) is 3.52. The summed E-state index contributed by atoms with van der Waals surface area (Å²) in [5, 5.41) is 2.93. The molecule has 3 rings (SSSR count). The van der Waals surface area contributed by atoms with E-state index in [0.29, 0.717) is 17.8 Å². The van der Waals surface area contributed by atoms with Crippen LogP contribution >= 0.6 is 0 Å². The molecule has 0 bridgehead atoms. The number of fused-ring (bicyclic) bond motifs is 1. The van der Waals surface area contributed by atoms with E-state index in [0.717, 1.165) is 22.5 Å². The molecule has 0 unspecified atom stereocenters. The molecule has 0 spiro atoms. The van der Waals surface area contributed by atoms with Gasteiger partial charge in [0.15, 0.2) is 0 Å². The lowest BCUT2D eigenvalue weighted by molar-refractivity contribution is -0.116. The van der Waals surface area contributed by atoms with Crippen LogP contribution in [0.2, 0.25) is 0 Å². The normalized spacial score (nSPS) is 13.0. The zero-order valence-electron chi connectivity index (χ0n) is 15.4. The third-order valence-corrected chi connectivity index (χ3v) is 4.60. The van der Waals surface area contributed by atoms with Gasteiger partial charge < -0.3 is 15.1 Å². The van der Waals surface area contributed by atoms with E-state index in [-0.39, 0.29) is 18.2 Å². The van der Waals surface area contributed by atoms with E-state index in [4.69, 9.17) is 0 Å². The third kappa shape index (κ3) is 3.33. The Balaban J connectivity index is 1.62. The van der Waals surface area contributed by atoms with Gasteiger partial charge in [-0.3, -0.25) is 9.59 Å². The van der Waals surface area contributed by atoms with Gasteiger partial charge in [-0.05, 0) is 36.8 Å². The molecule has 0 atom stereocenters. The Morgan fingerprint density at radius 3 is 2.46 bits per heavy atom. The van der Waals surface area contributed by atoms with E-state index >= 15 is 0 Å². The highest BCUT2D eigenvalue weighted by Gasteiger charge is 2.30. The smallest absolute Gasteiger partial charge is 0.258 e. The van der Waals surface area contributed by atoms with Crippen molar-refractivity contribution in [3.63, 3.8) is 0 Å². The van der Waals surface area contributed by atoms with Crippen molar-refractivity contribution in [2.75, 3.05) is 30.9 Å².